The molecule has 1 aliphatic rings. The molecule has 5 nitrogen and oxygen atoms in total. The molecule has 0 atom stereocenters. The maximum absolute atomic E-state index is 13.8. The van der Waals surface area contributed by atoms with Gasteiger partial charge in [-0.05, 0) is 38.2 Å². The number of halogens is 1. The molecule has 25 heavy (non-hydrogen) atoms. The van der Waals surface area contributed by atoms with Gasteiger partial charge in [-0.1, -0.05) is 19.9 Å². The zero-order valence-corrected chi connectivity index (χ0v) is 15.4. The van der Waals surface area contributed by atoms with Crippen LogP contribution in [0.5, 0.6) is 0 Å². The van der Waals surface area contributed by atoms with E-state index in [-0.39, 0.29) is 5.82 Å². The van der Waals surface area contributed by atoms with Crippen LogP contribution < -0.4 is 10.2 Å². The summed E-state index contributed by atoms with van der Waals surface area (Å²) in [6, 6.07) is 6.68. The Balaban J connectivity index is 2.00. The lowest BCUT2D eigenvalue weighted by Gasteiger charge is -2.36. The summed E-state index contributed by atoms with van der Waals surface area (Å²) in [5, 5.41) is 8.16. The summed E-state index contributed by atoms with van der Waals surface area (Å²) in [4.78, 5) is 4.85. The van der Waals surface area contributed by atoms with Crippen LogP contribution in [0.2, 0.25) is 0 Å². The van der Waals surface area contributed by atoms with Gasteiger partial charge >= 0.3 is 0 Å². The van der Waals surface area contributed by atoms with Crippen molar-refractivity contribution >= 4 is 5.82 Å². The SMILES string of the molecule is CCNCc1c(C)nn(-c2cccc(F)c2)c1N1CCN(CC)CC1. The Bertz CT molecular complexity index is 704. The number of nitrogens with zero attached hydrogens (tertiary/aromatic N) is 4. The second kappa shape index (κ2) is 7.97. The number of rotatable bonds is 6. The molecule has 1 N–H and O–H groups in total. The number of hydrogen-bond acceptors (Lipinski definition) is 4. The molecule has 6 heteroatoms. The van der Waals surface area contributed by atoms with Crippen LogP contribution >= 0.6 is 0 Å². The highest BCUT2D eigenvalue weighted by Gasteiger charge is 2.25. The van der Waals surface area contributed by atoms with Crippen molar-refractivity contribution in [2.75, 3.05) is 44.2 Å². The summed E-state index contributed by atoms with van der Waals surface area (Å²) in [6.07, 6.45) is 0. The molecule has 2 heterocycles. The van der Waals surface area contributed by atoms with Gasteiger partial charge in [0, 0.05) is 38.3 Å². The molecular formula is C19H28FN5. The van der Waals surface area contributed by atoms with E-state index >= 15 is 0 Å². The normalized spacial score (nSPS) is 15.8. The molecule has 0 aliphatic carbocycles. The molecule has 1 aromatic carbocycles. The van der Waals surface area contributed by atoms with Gasteiger partial charge in [-0.15, -0.1) is 0 Å². The third kappa shape index (κ3) is 3.85. The summed E-state index contributed by atoms with van der Waals surface area (Å²) in [5.41, 5.74) is 2.98. The predicted octanol–water partition coefficient (Wildman–Crippen LogP) is 2.57. The van der Waals surface area contributed by atoms with Crippen LogP contribution in [-0.4, -0.2) is 53.9 Å². The van der Waals surface area contributed by atoms with Crippen LogP contribution in [0.15, 0.2) is 24.3 Å². The molecule has 1 aromatic heterocycles. The highest BCUT2D eigenvalue weighted by atomic mass is 19.1. The Kier molecular flexibility index (Phi) is 5.71. The third-order valence-corrected chi connectivity index (χ3v) is 4.88. The Morgan fingerprint density at radius 3 is 2.56 bits per heavy atom. The van der Waals surface area contributed by atoms with Crippen molar-refractivity contribution in [3.8, 4) is 5.69 Å². The Morgan fingerprint density at radius 2 is 1.92 bits per heavy atom. The van der Waals surface area contributed by atoms with Crippen molar-refractivity contribution in [3.63, 3.8) is 0 Å². The fourth-order valence-electron chi connectivity index (χ4n) is 3.39. The number of hydrogen-bond donors (Lipinski definition) is 1. The first-order valence-electron chi connectivity index (χ1n) is 9.16. The van der Waals surface area contributed by atoms with E-state index in [1.807, 2.05) is 17.7 Å². The van der Waals surface area contributed by atoms with Gasteiger partial charge in [0.15, 0.2) is 0 Å². The molecule has 0 saturated carbocycles. The van der Waals surface area contributed by atoms with E-state index in [0.29, 0.717) is 0 Å². The van der Waals surface area contributed by atoms with Gasteiger partial charge in [0.2, 0.25) is 0 Å². The Hall–Kier alpha value is -1.92. The van der Waals surface area contributed by atoms with Gasteiger partial charge in [0.1, 0.15) is 11.6 Å². The summed E-state index contributed by atoms with van der Waals surface area (Å²) < 4.78 is 15.7. The van der Waals surface area contributed by atoms with Crippen molar-refractivity contribution in [3.05, 3.63) is 41.3 Å². The van der Waals surface area contributed by atoms with Crippen molar-refractivity contribution in [2.24, 2.45) is 0 Å². The first kappa shape index (κ1) is 17.9. The molecule has 1 aliphatic heterocycles. The average molecular weight is 345 g/mol. The van der Waals surface area contributed by atoms with Crippen molar-refractivity contribution < 1.29 is 4.39 Å². The maximum Gasteiger partial charge on any atom is 0.137 e. The van der Waals surface area contributed by atoms with Crippen LogP contribution in [0, 0.1) is 12.7 Å². The molecule has 0 unspecified atom stereocenters. The lowest BCUT2D eigenvalue weighted by atomic mass is 10.2. The van der Waals surface area contributed by atoms with Crippen LogP contribution in [0.1, 0.15) is 25.1 Å². The highest BCUT2D eigenvalue weighted by molar-refractivity contribution is 5.55. The van der Waals surface area contributed by atoms with Crippen LogP contribution in [0.4, 0.5) is 10.2 Å². The standard InChI is InChI=1S/C19H28FN5/c1-4-21-14-18-15(3)22-25(17-8-6-7-16(20)13-17)19(18)24-11-9-23(5-2)10-12-24/h6-8,13,21H,4-5,9-12,14H2,1-3H3. The fourth-order valence-corrected chi connectivity index (χ4v) is 3.39. The lowest BCUT2D eigenvalue weighted by molar-refractivity contribution is 0.270. The largest absolute Gasteiger partial charge is 0.354 e. The number of piperazine rings is 1. The van der Waals surface area contributed by atoms with E-state index in [1.165, 1.54) is 11.6 Å². The second-order valence-corrected chi connectivity index (χ2v) is 6.48. The molecule has 2 aromatic rings. The number of nitrogens with one attached hydrogen (secondary N) is 1. The molecule has 0 spiro atoms. The number of likely N-dealkylation sites (N-methyl/N-ethyl adjacent to an activating group) is 1. The highest BCUT2D eigenvalue weighted by Crippen LogP contribution is 2.28. The second-order valence-electron chi connectivity index (χ2n) is 6.48. The molecule has 0 bridgehead atoms. The lowest BCUT2D eigenvalue weighted by Crippen LogP contribution is -2.47. The van der Waals surface area contributed by atoms with Gasteiger partial charge in [-0.3, -0.25) is 0 Å². The van der Waals surface area contributed by atoms with Gasteiger partial charge in [-0.25, -0.2) is 9.07 Å². The number of aromatic nitrogens is 2. The minimum atomic E-state index is -0.236. The average Bonchev–Trinajstić information content (AvgIpc) is 2.96. The summed E-state index contributed by atoms with van der Waals surface area (Å²) in [7, 11) is 0. The number of benzene rings is 1. The molecule has 0 amide bonds. The summed E-state index contributed by atoms with van der Waals surface area (Å²) in [6.45, 7) is 13.1. The quantitative estimate of drug-likeness (QED) is 0.873. The van der Waals surface area contributed by atoms with Crippen molar-refractivity contribution in [2.45, 2.75) is 27.3 Å². The van der Waals surface area contributed by atoms with Crippen molar-refractivity contribution in [1.29, 1.82) is 0 Å². The minimum absolute atomic E-state index is 0.236. The fraction of sp³-hybridized carbons (Fsp3) is 0.526. The zero-order valence-electron chi connectivity index (χ0n) is 15.4. The molecule has 1 saturated heterocycles. The topological polar surface area (TPSA) is 36.3 Å². The molecular weight excluding hydrogens is 317 g/mol. The van der Waals surface area contributed by atoms with Gasteiger partial charge in [0.25, 0.3) is 0 Å². The van der Waals surface area contributed by atoms with Crippen molar-refractivity contribution in [1.82, 2.24) is 20.0 Å². The van der Waals surface area contributed by atoms with Gasteiger partial charge in [-0.2, -0.15) is 5.10 Å². The Morgan fingerprint density at radius 1 is 1.16 bits per heavy atom. The zero-order chi connectivity index (χ0) is 17.8. The van der Waals surface area contributed by atoms with E-state index < -0.39 is 0 Å². The molecule has 0 radical (unpaired) electrons. The smallest absolute Gasteiger partial charge is 0.137 e. The first-order chi connectivity index (χ1) is 12.1. The minimum Gasteiger partial charge on any atom is -0.354 e. The van der Waals surface area contributed by atoms with E-state index in [4.69, 9.17) is 5.10 Å². The summed E-state index contributed by atoms with van der Waals surface area (Å²) in [5.74, 6) is 0.862. The van der Waals surface area contributed by atoms with Gasteiger partial charge < -0.3 is 15.1 Å². The third-order valence-electron chi connectivity index (χ3n) is 4.88. The summed E-state index contributed by atoms with van der Waals surface area (Å²) >= 11 is 0. The number of aryl methyl sites for hydroxylation is 1. The van der Waals surface area contributed by atoms with Crippen LogP contribution in [0.25, 0.3) is 5.69 Å². The molecule has 136 valence electrons. The van der Waals surface area contributed by atoms with E-state index in [2.05, 4.69) is 29.0 Å². The van der Waals surface area contributed by atoms with Crippen LogP contribution in [-0.2, 0) is 6.54 Å². The number of anilines is 1. The van der Waals surface area contributed by atoms with Gasteiger partial charge in [0.05, 0.1) is 11.4 Å². The van der Waals surface area contributed by atoms with Crippen LogP contribution in [0.3, 0.4) is 0 Å². The Labute approximate surface area is 149 Å². The molecule has 1 fully saturated rings. The molecule has 3 rings (SSSR count). The van der Waals surface area contributed by atoms with E-state index in [0.717, 1.165) is 63.0 Å². The first-order valence-corrected chi connectivity index (χ1v) is 9.16. The predicted molar refractivity (Wildman–Crippen MR) is 100.0 cm³/mol. The maximum atomic E-state index is 13.8. The van der Waals surface area contributed by atoms with E-state index in [1.54, 1.807) is 12.1 Å². The van der Waals surface area contributed by atoms with E-state index in [9.17, 15) is 4.39 Å². The monoisotopic (exact) mass is 345 g/mol.